The van der Waals surface area contributed by atoms with E-state index in [1.807, 2.05) is 6.07 Å². The maximum Gasteiger partial charge on any atom is 0.136 e. The predicted molar refractivity (Wildman–Crippen MR) is 249 cm³/mol. The van der Waals surface area contributed by atoms with Crippen LogP contribution in [0.15, 0.2) is 217 Å². The van der Waals surface area contributed by atoms with Crippen molar-refractivity contribution >= 4 is 39.0 Å². The zero-order valence-corrected chi connectivity index (χ0v) is 33.6. The zero-order chi connectivity index (χ0) is 40.0. The Kier molecular flexibility index (Phi) is 7.52. The van der Waals surface area contributed by atoms with Crippen LogP contribution in [0.5, 0.6) is 0 Å². The molecule has 284 valence electrons. The number of furan rings is 1. The Morgan fingerprint density at radius 1 is 0.383 bits per heavy atom. The van der Waals surface area contributed by atoms with Crippen molar-refractivity contribution in [1.82, 2.24) is 0 Å². The van der Waals surface area contributed by atoms with Gasteiger partial charge in [0.2, 0.25) is 0 Å². The second-order valence-electron chi connectivity index (χ2n) is 16.7. The largest absolute Gasteiger partial charge is 0.456 e. The summed E-state index contributed by atoms with van der Waals surface area (Å²) < 4.78 is 6.31. The molecule has 0 bridgehead atoms. The number of benzene rings is 9. The fourth-order valence-electron chi connectivity index (χ4n) is 10.7. The van der Waals surface area contributed by atoms with Crippen LogP contribution in [-0.2, 0) is 10.8 Å². The molecule has 0 spiro atoms. The minimum Gasteiger partial charge on any atom is -0.456 e. The van der Waals surface area contributed by atoms with Crippen molar-refractivity contribution in [3.8, 4) is 33.4 Å². The molecule has 0 N–H and O–H groups in total. The molecule has 2 aliphatic carbocycles. The number of rotatable bonds is 6. The predicted octanol–water partition coefficient (Wildman–Crippen LogP) is 15.4. The van der Waals surface area contributed by atoms with E-state index in [2.05, 4.69) is 225 Å². The molecule has 0 fully saturated rings. The highest BCUT2D eigenvalue weighted by molar-refractivity contribution is 6.12. The Morgan fingerprint density at radius 3 is 1.67 bits per heavy atom. The van der Waals surface area contributed by atoms with Crippen LogP contribution in [-0.4, -0.2) is 0 Å². The summed E-state index contributed by atoms with van der Waals surface area (Å²) >= 11 is 0. The van der Waals surface area contributed by atoms with Gasteiger partial charge in [0.05, 0.1) is 5.69 Å². The van der Waals surface area contributed by atoms with Crippen molar-refractivity contribution in [2.24, 2.45) is 0 Å². The molecule has 10 aromatic rings. The lowest BCUT2D eigenvalue weighted by molar-refractivity contribution is 0.669. The molecule has 1 heterocycles. The second kappa shape index (κ2) is 13.0. The summed E-state index contributed by atoms with van der Waals surface area (Å²) in [5.41, 5.74) is 19.9. The molecular formula is C58H41NO. The molecule has 1 aromatic heterocycles. The van der Waals surface area contributed by atoms with Crippen molar-refractivity contribution in [3.63, 3.8) is 0 Å². The summed E-state index contributed by atoms with van der Waals surface area (Å²) in [6, 6.07) is 77.9. The van der Waals surface area contributed by atoms with Crippen molar-refractivity contribution in [3.05, 3.63) is 246 Å². The average molecular weight is 768 g/mol. The molecule has 0 amide bonds. The van der Waals surface area contributed by atoms with Crippen LogP contribution in [0, 0.1) is 0 Å². The molecule has 2 atom stereocenters. The average Bonchev–Trinajstić information content (AvgIpc) is 3.92. The number of hydrogen-bond acceptors (Lipinski definition) is 2. The van der Waals surface area contributed by atoms with Crippen molar-refractivity contribution in [1.29, 1.82) is 0 Å². The number of fused-ring (bicyclic) bond motifs is 9. The van der Waals surface area contributed by atoms with Crippen LogP contribution in [0.3, 0.4) is 0 Å². The van der Waals surface area contributed by atoms with Crippen molar-refractivity contribution in [2.45, 2.75) is 24.7 Å². The van der Waals surface area contributed by atoms with Gasteiger partial charge in [-0.2, -0.15) is 0 Å². The van der Waals surface area contributed by atoms with Gasteiger partial charge in [-0.1, -0.05) is 170 Å². The Balaban J connectivity index is 1.09. The molecule has 2 heteroatoms. The first-order chi connectivity index (χ1) is 29.5. The quantitative estimate of drug-likeness (QED) is 0.168. The van der Waals surface area contributed by atoms with Gasteiger partial charge in [-0.15, -0.1) is 0 Å². The van der Waals surface area contributed by atoms with E-state index in [1.165, 1.54) is 55.6 Å². The maximum atomic E-state index is 6.31. The van der Waals surface area contributed by atoms with E-state index < -0.39 is 0 Å². The first kappa shape index (κ1) is 34.6. The minimum absolute atomic E-state index is 0.277. The summed E-state index contributed by atoms with van der Waals surface area (Å²) in [6.45, 7) is 4.78. The molecule has 0 saturated heterocycles. The highest BCUT2D eigenvalue weighted by Gasteiger charge is 2.43. The number of anilines is 3. The lowest BCUT2D eigenvalue weighted by Crippen LogP contribution is -2.22. The van der Waals surface area contributed by atoms with Crippen molar-refractivity contribution in [2.75, 3.05) is 4.90 Å². The fraction of sp³-hybridized carbons (Fsp3) is 0.0690. The normalized spacial score (nSPS) is 17.3. The van der Waals surface area contributed by atoms with E-state index >= 15 is 0 Å². The Hall–Kier alpha value is -7.42. The van der Waals surface area contributed by atoms with Gasteiger partial charge in [-0.05, 0) is 118 Å². The standard InChI is InChI=1S/C58H41NO/c1-57(39-17-5-3-6-18-39)48-25-12-9-21-44(48)47-37-42(35-36-50(47)57)59(41-33-31-38(32-34-41)43-24-15-30-54-55(43)46-23-11-14-29-53(46)60-54)52-28-16-27-51-56(52)45-22-10-13-26-49(45)58(51,2)40-19-7-4-8-20-40/h3-37H,1-2H3. The van der Waals surface area contributed by atoms with Crippen molar-refractivity contribution < 1.29 is 4.42 Å². The highest BCUT2D eigenvalue weighted by atomic mass is 16.3. The van der Waals surface area contributed by atoms with Crippen LogP contribution in [0.25, 0.3) is 55.3 Å². The van der Waals surface area contributed by atoms with E-state index in [-0.39, 0.29) is 10.8 Å². The van der Waals surface area contributed by atoms with Gasteiger partial charge in [0, 0.05) is 38.5 Å². The number of hydrogen-bond donors (Lipinski definition) is 0. The Labute approximate surface area is 350 Å². The zero-order valence-electron chi connectivity index (χ0n) is 33.6. The van der Waals surface area contributed by atoms with Gasteiger partial charge in [0.25, 0.3) is 0 Å². The minimum atomic E-state index is -0.320. The van der Waals surface area contributed by atoms with Gasteiger partial charge >= 0.3 is 0 Å². The summed E-state index contributed by atoms with van der Waals surface area (Å²) in [4.78, 5) is 2.49. The Morgan fingerprint density at radius 2 is 0.917 bits per heavy atom. The molecule has 2 unspecified atom stereocenters. The highest BCUT2D eigenvalue weighted by Crippen LogP contribution is 2.58. The first-order valence-corrected chi connectivity index (χ1v) is 20.9. The Bertz CT molecular complexity index is 3290. The molecule has 2 aliphatic rings. The molecule has 0 aliphatic heterocycles. The molecule has 2 nitrogen and oxygen atoms in total. The summed E-state index contributed by atoms with van der Waals surface area (Å²) in [6.07, 6.45) is 0. The summed E-state index contributed by atoms with van der Waals surface area (Å²) in [5.74, 6) is 0. The van der Waals surface area contributed by atoms with Gasteiger partial charge in [-0.3, -0.25) is 0 Å². The van der Waals surface area contributed by atoms with E-state index in [9.17, 15) is 0 Å². The summed E-state index contributed by atoms with van der Waals surface area (Å²) in [5, 5.41) is 2.28. The molecule has 0 radical (unpaired) electrons. The van der Waals surface area contributed by atoms with Crippen LogP contribution >= 0.6 is 0 Å². The smallest absolute Gasteiger partial charge is 0.136 e. The van der Waals surface area contributed by atoms with Crippen LogP contribution in [0.1, 0.15) is 47.2 Å². The molecule has 60 heavy (non-hydrogen) atoms. The monoisotopic (exact) mass is 767 g/mol. The lowest BCUT2D eigenvalue weighted by atomic mass is 9.74. The molecule has 9 aromatic carbocycles. The molecule has 0 saturated carbocycles. The van der Waals surface area contributed by atoms with E-state index in [0.717, 1.165) is 50.1 Å². The molecule has 12 rings (SSSR count). The molecular weight excluding hydrogens is 727 g/mol. The topological polar surface area (TPSA) is 16.4 Å². The van der Waals surface area contributed by atoms with Gasteiger partial charge in [-0.25, -0.2) is 0 Å². The van der Waals surface area contributed by atoms with Crippen LogP contribution < -0.4 is 4.90 Å². The second-order valence-corrected chi connectivity index (χ2v) is 16.7. The number of para-hydroxylation sites is 1. The SMILES string of the molecule is CC1(c2ccccc2)c2ccccc2-c2cc(N(c3ccc(-c4cccc5oc6ccccc6c45)cc3)c3cccc4c3-c3ccccc3C4(C)c3ccccc3)ccc21. The van der Waals surface area contributed by atoms with Crippen LogP contribution in [0.4, 0.5) is 17.1 Å². The van der Waals surface area contributed by atoms with E-state index in [0.29, 0.717) is 0 Å². The lowest BCUT2D eigenvalue weighted by Gasteiger charge is -2.31. The van der Waals surface area contributed by atoms with Gasteiger partial charge < -0.3 is 9.32 Å². The number of nitrogens with zero attached hydrogens (tertiary/aromatic N) is 1. The van der Waals surface area contributed by atoms with Gasteiger partial charge in [0.1, 0.15) is 11.2 Å². The third-order valence-electron chi connectivity index (χ3n) is 13.7. The first-order valence-electron chi connectivity index (χ1n) is 20.9. The third-order valence-corrected chi connectivity index (χ3v) is 13.7. The maximum absolute atomic E-state index is 6.31. The van der Waals surface area contributed by atoms with Crippen LogP contribution in [0.2, 0.25) is 0 Å². The fourth-order valence-corrected chi connectivity index (χ4v) is 10.7. The van der Waals surface area contributed by atoms with E-state index in [1.54, 1.807) is 0 Å². The van der Waals surface area contributed by atoms with Gasteiger partial charge in [0.15, 0.2) is 0 Å². The third kappa shape index (κ3) is 4.82. The van der Waals surface area contributed by atoms with E-state index in [4.69, 9.17) is 4.42 Å². The summed E-state index contributed by atoms with van der Waals surface area (Å²) in [7, 11) is 0.